The number of aromatic nitrogens is 8. The van der Waals surface area contributed by atoms with Gasteiger partial charge in [-0.15, -0.1) is 0 Å². The summed E-state index contributed by atoms with van der Waals surface area (Å²) in [4.78, 5) is 22.9. The molecule has 4 heterocycles. The summed E-state index contributed by atoms with van der Waals surface area (Å²) in [5.41, 5.74) is 2.20. The molecule has 0 fully saturated rings. The third-order valence-corrected chi connectivity index (χ3v) is 6.57. The van der Waals surface area contributed by atoms with Crippen molar-refractivity contribution in [2.24, 2.45) is 28.2 Å². The summed E-state index contributed by atoms with van der Waals surface area (Å²) >= 11 is 0. The van der Waals surface area contributed by atoms with Crippen LogP contribution in [0.15, 0.2) is 73.8 Å². The van der Waals surface area contributed by atoms with Crippen LogP contribution in [0.25, 0.3) is 0 Å². The van der Waals surface area contributed by atoms with E-state index < -0.39 is 0 Å². The molecule has 36 heavy (non-hydrogen) atoms. The molecule has 0 saturated carbocycles. The topological polar surface area (TPSA) is 77.8 Å². The lowest BCUT2D eigenvalue weighted by atomic mass is 10.2. The summed E-state index contributed by atoms with van der Waals surface area (Å²) in [6.45, 7) is 2.66. The molecule has 5 aromatic rings. The van der Waals surface area contributed by atoms with Gasteiger partial charge in [-0.3, -0.25) is 0 Å². The summed E-state index contributed by atoms with van der Waals surface area (Å²) < 4.78 is 8.24. The van der Waals surface area contributed by atoms with Crippen molar-refractivity contribution < 1.29 is 0 Å². The number of hydrogen-bond acceptors (Lipinski definition) is 6. The monoisotopic (exact) mass is 484 g/mol. The minimum Gasteiger partial charge on any atom is -0.357 e. The van der Waals surface area contributed by atoms with Crippen LogP contribution >= 0.6 is 0 Å². The van der Waals surface area contributed by atoms with Gasteiger partial charge < -0.3 is 28.1 Å². The zero-order valence-corrected chi connectivity index (χ0v) is 21.2. The maximum Gasteiger partial charge on any atom is 0.128 e. The highest BCUT2D eigenvalue weighted by atomic mass is 15.2. The number of benzene rings is 1. The van der Waals surface area contributed by atoms with E-state index >= 15 is 0 Å². The smallest absolute Gasteiger partial charge is 0.128 e. The van der Waals surface area contributed by atoms with Gasteiger partial charge in [-0.2, -0.15) is 0 Å². The predicted octanol–water partition coefficient (Wildman–Crippen LogP) is 3.03. The zero-order valence-electron chi connectivity index (χ0n) is 21.2. The highest BCUT2D eigenvalue weighted by molar-refractivity contribution is 5.59. The molecule has 0 atom stereocenters. The van der Waals surface area contributed by atoms with Crippen LogP contribution in [0.3, 0.4) is 0 Å². The first-order valence-electron chi connectivity index (χ1n) is 11.9. The van der Waals surface area contributed by atoms with Crippen LogP contribution in [-0.2, 0) is 54.4 Å². The molecular formula is C26H32N10. The molecular weight excluding hydrogens is 452 g/mol. The molecule has 0 radical (unpaired) electrons. The van der Waals surface area contributed by atoms with Gasteiger partial charge in [0, 0.05) is 89.1 Å². The van der Waals surface area contributed by atoms with E-state index in [1.165, 1.54) is 0 Å². The Bertz CT molecular complexity index is 1230. The molecule has 10 nitrogen and oxygen atoms in total. The third kappa shape index (κ3) is 5.02. The van der Waals surface area contributed by atoms with Crippen molar-refractivity contribution >= 4 is 11.4 Å². The van der Waals surface area contributed by atoms with E-state index in [1.807, 2.05) is 77.8 Å². The van der Waals surface area contributed by atoms with Crippen LogP contribution in [0.2, 0.25) is 0 Å². The average molecular weight is 485 g/mol. The van der Waals surface area contributed by atoms with Crippen molar-refractivity contribution in [3.8, 4) is 0 Å². The fourth-order valence-corrected chi connectivity index (χ4v) is 4.24. The molecule has 0 spiro atoms. The van der Waals surface area contributed by atoms with Crippen LogP contribution < -0.4 is 9.80 Å². The maximum absolute atomic E-state index is 4.57. The molecule has 10 heteroatoms. The molecule has 0 amide bonds. The molecule has 0 N–H and O–H groups in total. The van der Waals surface area contributed by atoms with Gasteiger partial charge in [0.1, 0.15) is 23.3 Å². The van der Waals surface area contributed by atoms with E-state index in [-0.39, 0.29) is 0 Å². The predicted molar refractivity (Wildman–Crippen MR) is 139 cm³/mol. The minimum absolute atomic E-state index is 0.665. The molecule has 186 valence electrons. The number of aryl methyl sites for hydroxylation is 4. The first-order valence-corrected chi connectivity index (χ1v) is 11.9. The SMILES string of the molecule is Cn1ccnc1CN(Cc1nccn1C)c1cccc(N(Cc2nccn2C)Cc2nccn2C)c1. The van der Waals surface area contributed by atoms with Gasteiger partial charge in [0.25, 0.3) is 0 Å². The van der Waals surface area contributed by atoms with Gasteiger partial charge in [-0.25, -0.2) is 19.9 Å². The Labute approximate surface area is 211 Å². The van der Waals surface area contributed by atoms with Crippen molar-refractivity contribution in [1.29, 1.82) is 0 Å². The highest BCUT2D eigenvalue weighted by Crippen LogP contribution is 2.27. The van der Waals surface area contributed by atoms with Gasteiger partial charge in [0.05, 0.1) is 26.2 Å². The van der Waals surface area contributed by atoms with Gasteiger partial charge >= 0.3 is 0 Å². The fraction of sp³-hybridized carbons (Fsp3) is 0.308. The molecule has 0 unspecified atom stereocenters. The van der Waals surface area contributed by atoms with E-state index in [0.29, 0.717) is 26.2 Å². The van der Waals surface area contributed by atoms with Crippen LogP contribution in [-0.4, -0.2) is 38.2 Å². The Kier molecular flexibility index (Phi) is 6.57. The van der Waals surface area contributed by atoms with E-state index in [4.69, 9.17) is 0 Å². The molecule has 0 aliphatic rings. The van der Waals surface area contributed by atoms with Crippen LogP contribution in [0.5, 0.6) is 0 Å². The molecule has 4 aromatic heterocycles. The number of anilines is 2. The van der Waals surface area contributed by atoms with E-state index in [2.05, 4.69) is 72.3 Å². The summed E-state index contributed by atoms with van der Waals surface area (Å²) in [5, 5.41) is 0. The molecule has 1 aromatic carbocycles. The highest BCUT2D eigenvalue weighted by Gasteiger charge is 2.18. The second-order valence-electron chi connectivity index (χ2n) is 9.05. The Hall–Kier alpha value is -4.34. The summed E-state index contributed by atoms with van der Waals surface area (Å²) in [7, 11) is 8.11. The fourth-order valence-electron chi connectivity index (χ4n) is 4.24. The van der Waals surface area contributed by atoms with Crippen molar-refractivity contribution in [1.82, 2.24) is 38.2 Å². The van der Waals surface area contributed by atoms with E-state index in [0.717, 1.165) is 34.7 Å². The number of imidazole rings is 4. The summed E-state index contributed by atoms with van der Waals surface area (Å²) in [6.07, 6.45) is 15.3. The number of hydrogen-bond donors (Lipinski definition) is 0. The Morgan fingerprint density at radius 2 is 0.833 bits per heavy atom. The van der Waals surface area contributed by atoms with Crippen molar-refractivity contribution in [3.63, 3.8) is 0 Å². The van der Waals surface area contributed by atoms with Crippen LogP contribution in [0, 0.1) is 0 Å². The maximum atomic E-state index is 4.57. The van der Waals surface area contributed by atoms with Gasteiger partial charge in [0.15, 0.2) is 0 Å². The molecule has 0 aliphatic carbocycles. The van der Waals surface area contributed by atoms with Crippen molar-refractivity contribution in [3.05, 3.63) is 97.1 Å². The van der Waals surface area contributed by atoms with E-state index in [9.17, 15) is 0 Å². The molecule has 0 saturated heterocycles. The minimum atomic E-state index is 0.665. The lowest BCUT2D eigenvalue weighted by molar-refractivity contribution is 0.670. The number of nitrogens with zero attached hydrogens (tertiary/aromatic N) is 10. The standard InChI is InChI=1S/C26H32N10/c1-31-12-8-27-23(31)17-35(18-24-28-9-13-32(24)2)21-6-5-7-22(16-21)36(19-25-29-10-14-33(25)3)20-26-30-11-15-34(26)4/h5-16H,17-20H2,1-4H3. The largest absolute Gasteiger partial charge is 0.357 e. The lowest BCUT2D eigenvalue weighted by Crippen LogP contribution is -2.27. The first kappa shape index (κ1) is 23.4. The summed E-state index contributed by atoms with van der Waals surface area (Å²) in [6, 6.07) is 8.64. The van der Waals surface area contributed by atoms with Gasteiger partial charge in [-0.1, -0.05) is 6.07 Å². The van der Waals surface area contributed by atoms with Crippen molar-refractivity contribution in [2.75, 3.05) is 9.80 Å². The second kappa shape index (κ2) is 10.1. The van der Waals surface area contributed by atoms with Crippen LogP contribution in [0.1, 0.15) is 23.3 Å². The van der Waals surface area contributed by atoms with Crippen LogP contribution in [0.4, 0.5) is 11.4 Å². The van der Waals surface area contributed by atoms with Gasteiger partial charge in [0.2, 0.25) is 0 Å². The first-order chi connectivity index (χ1) is 17.5. The second-order valence-corrected chi connectivity index (χ2v) is 9.05. The van der Waals surface area contributed by atoms with Crippen molar-refractivity contribution in [2.45, 2.75) is 26.2 Å². The Morgan fingerprint density at radius 3 is 1.08 bits per heavy atom. The normalized spacial score (nSPS) is 11.2. The molecule has 5 rings (SSSR count). The van der Waals surface area contributed by atoms with E-state index in [1.54, 1.807) is 0 Å². The molecule has 0 bridgehead atoms. The Balaban J connectivity index is 1.49. The average Bonchev–Trinajstić information content (AvgIpc) is 3.66. The molecule has 0 aliphatic heterocycles. The third-order valence-electron chi connectivity index (χ3n) is 6.57. The Morgan fingerprint density at radius 1 is 0.528 bits per heavy atom. The lowest BCUT2D eigenvalue weighted by Gasteiger charge is -2.28. The summed E-state index contributed by atoms with van der Waals surface area (Å²) in [5.74, 6) is 3.97. The quantitative estimate of drug-likeness (QED) is 0.303. The number of rotatable bonds is 10. The zero-order chi connectivity index (χ0) is 25.1. The van der Waals surface area contributed by atoms with Gasteiger partial charge in [-0.05, 0) is 18.2 Å².